The maximum atomic E-state index is 12.4. The quantitative estimate of drug-likeness (QED) is 0.0845. The number of rotatable bonds is 11. The molecule has 7 aliphatic rings. The van der Waals surface area contributed by atoms with Gasteiger partial charge in [0, 0.05) is 17.9 Å². The van der Waals surface area contributed by atoms with Crippen LogP contribution in [0.3, 0.4) is 0 Å². The van der Waals surface area contributed by atoms with E-state index in [0.717, 1.165) is 32.1 Å². The number of allylic oxidation sites excluding steroid dienone is 1. The molecular formula is C43H68O15. The Morgan fingerprint density at radius 2 is 1.50 bits per heavy atom. The van der Waals surface area contributed by atoms with Crippen LogP contribution in [0.25, 0.3) is 0 Å². The summed E-state index contributed by atoms with van der Waals surface area (Å²) in [4.78, 5) is 23.2. The van der Waals surface area contributed by atoms with Crippen LogP contribution in [0.1, 0.15) is 106 Å². The van der Waals surface area contributed by atoms with E-state index in [4.69, 9.17) is 23.7 Å². The molecule has 0 aromatic carbocycles. The van der Waals surface area contributed by atoms with Crippen LogP contribution >= 0.6 is 0 Å². The molecule has 330 valence electrons. The van der Waals surface area contributed by atoms with Gasteiger partial charge < -0.3 is 64.5 Å². The van der Waals surface area contributed by atoms with Crippen molar-refractivity contribution in [2.75, 3.05) is 13.2 Å². The number of carboxylic acids is 1. The summed E-state index contributed by atoms with van der Waals surface area (Å²) in [6, 6.07) is 0. The van der Waals surface area contributed by atoms with Crippen LogP contribution in [0.2, 0.25) is 0 Å². The highest BCUT2D eigenvalue weighted by Crippen LogP contribution is 2.89. The second kappa shape index (κ2) is 15.5. The standard InChI is InChI=1S/C43H68O15/c1-20(9-8-10-21(2)36(52)53)30-23(45)15-40(6)27-12-11-26-39(4,5)29(13-14-42(26)19-43(27,42)16-28(47)41(30,40)7)57-38-34(51)32(49)35(25(56-38)18-54-22(3)44)58-37-33(50)31(48)24(46)17-55-37/h10,20,23-35,37-38,45-51H,8-9,11-19H2,1-7H3,(H,52,53). The molecule has 2 saturated heterocycles. The van der Waals surface area contributed by atoms with Gasteiger partial charge >= 0.3 is 11.9 Å². The highest BCUT2D eigenvalue weighted by atomic mass is 16.7. The minimum absolute atomic E-state index is 0.0280. The zero-order chi connectivity index (χ0) is 42.5. The second-order valence-electron chi connectivity index (χ2n) is 20.3. The summed E-state index contributed by atoms with van der Waals surface area (Å²) in [6.07, 6.45) is -5.96. The molecule has 58 heavy (non-hydrogen) atoms. The van der Waals surface area contributed by atoms with Gasteiger partial charge in [-0.1, -0.05) is 40.7 Å². The Hall–Kier alpha value is -1.76. The Morgan fingerprint density at radius 3 is 2.17 bits per heavy atom. The van der Waals surface area contributed by atoms with Gasteiger partial charge in [0.25, 0.3) is 0 Å². The van der Waals surface area contributed by atoms with Gasteiger partial charge in [-0.3, -0.25) is 4.79 Å². The monoisotopic (exact) mass is 824 g/mol. The number of hydrogen-bond acceptors (Lipinski definition) is 14. The zero-order valence-electron chi connectivity index (χ0n) is 35.0. The third-order valence-electron chi connectivity index (χ3n) is 17.3. The van der Waals surface area contributed by atoms with E-state index in [1.165, 1.54) is 6.92 Å². The lowest BCUT2D eigenvalue weighted by Gasteiger charge is -2.64. The summed E-state index contributed by atoms with van der Waals surface area (Å²) >= 11 is 0. The highest BCUT2D eigenvalue weighted by Gasteiger charge is 2.84. The van der Waals surface area contributed by atoms with Crippen LogP contribution in [0.15, 0.2) is 11.6 Å². The van der Waals surface area contributed by atoms with Gasteiger partial charge in [0.15, 0.2) is 12.6 Å². The fourth-order valence-electron chi connectivity index (χ4n) is 14.3. The molecule has 8 N–H and O–H groups in total. The van der Waals surface area contributed by atoms with E-state index in [1.807, 2.05) is 0 Å². The molecular weight excluding hydrogens is 756 g/mol. The molecule has 0 bridgehead atoms. The number of carbonyl (C=O) groups is 2. The summed E-state index contributed by atoms with van der Waals surface area (Å²) in [7, 11) is 0. The predicted octanol–water partition coefficient (Wildman–Crippen LogP) is 2.03. The Balaban J connectivity index is 1.07. The number of ether oxygens (including phenoxy) is 5. The average molecular weight is 825 g/mol. The molecule has 2 spiro atoms. The molecule has 15 heteroatoms. The predicted molar refractivity (Wildman–Crippen MR) is 204 cm³/mol. The van der Waals surface area contributed by atoms with E-state index >= 15 is 0 Å². The molecule has 15 nitrogen and oxygen atoms in total. The Labute approximate surface area is 341 Å². The van der Waals surface area contributed by atoms with E-state index in [1.54, 1.807) is 13.0 Å². The molecule has 0 aromatic rings. The zero-order valence-corrected chi connectivity index (χ0v) is 35.0. The number of aliphatic carboxylic acids is 1. The fourth-order valence-corrected chi connectivity index (χ4v) is 14.3. The van der Waals surface area contributed by atoms with E-state index in [9.17, 15) is 50.4 Å². The molecule has 2 aliphatic heterocycles. The summed E-state index contributed by atoms with van der Waals surface area (Å²) in [5, 5.41) is 87.0. The first-order valence-corrected chi connectivity index (χ1v) is 21.4. The van der Waals surface area contributed by atoms with Crippen LogP contribution in [0.5, 0.6) is 0 Å². The number of carbonyl (C=O) groups excluding carboxylic acids is 1. The first-order chi connectivity index (χ1) is 27.1. The molecule has 5 aliphatic carbocycles. The normalized spacial score (nSPS) is 51.4. The third-order valence-corrected chi connectivity index (χ3v) is 17.3. The summed E-state index contributed by atoms with van der Waals surface area (Å²) < 4.78 is 29.3. The van der Waals surface area contributed by atoms with E-state index in [2.05, 4.69) is 34.6 Å². The lowest BCUT2D eigenvalue weighted by molar-refractivity contribution is -0.359. The number of fused-ring (bicyclic) bond motifs is 2. The lowest BCUT2D eigenvalue weighted by Crippen LogP contribution is -2.65. The first kappa shape index (κ1) is 44.3. The van der Waals surface area contributed by atoms with Crippen molar-refractivity contribution >= 4 is 11.9 Å². The van der Waals surface area contributed by atoms with Crippen LogP contribution in [-0.2, 0) is 33.3 Å². The lowest BCUT2D eigenvalue weighted by atomic mass is 9.41. The summed E-state index contributed by atoms with van der Waals surface area (Å²) in [5.74, 6) is -1.04. The number of aliphatic hydroxyl groups is 7. The van der Waals surface area contributed by atoms with Crippen LogP contribution in [-0.4, -0.2) is 140 Å². The molecule has 20 unspecified atom stereocenters. The SMILES string of the molecule is CC(=O)OCC1OC(OC2CCC34CC35CC(O)C3(C)C(C(C)CCC=C(C)C(=O)O)C(O)CC3(C)C5CCC4C2(C)C)C(O)C(O)C1OC1OCC(O)C(O)C1O. The molecule has 7 fully saturated rings. The molecule has 0 radical (unpaired) electrons. The first-order valence-electron chi connectivity index (χ1n) is 21.4. The smallest absolute Gasteiger partial charge is 0.330 e. The third kappa shape index (κ3) is 6.72. The Bertz CT molecular complexity index is 1590. The number of carboxylic acid groups (broad SMARTS) is 1. The maximum absolute atomic E-state index is 12.4. The molecule has 0 aromatic heterocycles. The molecule has 0 amide bonds. The van der Waals surface area contributed by atoms with Crippen molar-refractivity contribution in [3.8, 4) is 0 Å². The van der Waals surface area contributed by atoms with Gasteiger partial charge in [-0.05, 0) is 110 Å². The van der Waals surface area contributed by atoms with E-state index in [0.29, 0.717) is 37.2 Å². The van der Waals surface area contributed by atoms with Crippen LogP contribution in [0, 0.1) is 50.7 Å². The van der Waals surface area contributed by atoms with Crippen molar-refractivity contribution in [3.63, 3.8) is 0 Å². The van der Waals surface area contributed by atoms with Gasteiger partial charge in [0.05, 0.1) is 24.9 Å². The molecule has 20 atom stereocenters. The number of hydrogen-bond donors (Lipinski definition) is 8. The van der Waals surface area contributed by atoms with Gasteiger partial charge in [0.1, 0.15) is 49.3 Å². The average Bonchev–Trinajstić information content (AvgIpc) is 3.74. The van der Waals surface area contributed by atoms with Crippen molar-refractivity contribution in [2.45, 2.75) is 180 Å². The van der Waals surface area contributed by atoms with Crippen molar-refractivity contribution in [2.24, 2.45) is 50.7 Å². The van der Waals surface area contributed by atoms with Crippen molar-refractivity contribution < 1.29 is 74.1 Å². The number of esters is 1. The van der Waals surface area contributed by atoms with Crippen molar-refractivity contribution in [1.29, 1.82) is 0 Å². The van der Waals surface area contributed by atoms with Crippen molar-refractivity contribution in [1.82, 2.24) is 0 Å². The Kier molecular flexibility index (Phi) is 11.9. The fraction of sp³-hybridized carbons (Fsp3) is 0.907. The summed E-state index contributed by atoms with van der Waals surface area (Å²) in [6.45, 7) is 13.1. The maximum Gasteiger partial charge on any atom is 0.330 e. The van der Waals surface area contributed by atoms with Crippen molar-refractivity contribution in [3.05, 3.63) is 11.6 Å². The van der Waals surface area contributed by atoms with E-state index < -0.39 is 90.3 Å². The van der Waals surface area contributed by atoms with Crippen LogP contribution in [0.4, 0.5) is 0 Å². The molecule has 2 heterocycles. The van der Waals surface area contributed by atoms with Crippen LogP contribution < -0.4 is 0 Å². The highest BCUT2D eigenvalue weighted by molar-refractivity contribution is 5.85. The van der Waals surface area contributed by atoms with Gasteiger partial charge in [-0.15, -0.1) is 0 Å². The Morgan fingerprint density at radius 1 is 0.828 bits per heavy atom. The molecule has 7 rings (SSSR count). The number of aliphatic hydroxyl groups excluding tert-OH is 7. The van der Waals surface area contributed by atoms with E-state index in [-0.39, 0.29) is 53.3 Å². The topological polar surface area (TPSA) is 242 Å². The second-order valence-corrected chi connectivity index (χ2v) is 20.3. The van der Waals surface area contributed by atoms with Gasteiger partial charge in [0.2, 0.25) is 0 Å². The summed E-state index contributed by atoms with van der Waals surface area (Å²) in [5.41, 5.74) is -1.02. The molecule has 5 saturated carbocycles. The minimum atomic E-state index is -1.66. The largest absolute Gasteiger partial charge is 0.478 e. The minimum Gasteiger partial charge on any atom is -0.478 e. The van der Waals surface area contributed by atoms with Gasteiger partial charge in [-0.2, -0.15) is 0 Å². The van der Waals surface area contributed by atoms with Gasteiger partial charge in [-0.25, -0.2) is 4.79 Å².